The summed E-state index contributed by atoms with van der Waals surface area (Å²) in [6.45, 7) is 15.3. The van der Waals surface area contributed by atoms with Crippen molar-refractivity contribution >= 4 is 28.6 Å². The first-order chi connectivity index (χ1) is 7.69. The number of rotatable bonds is 3. The lowest BCUT2D eigenvalue weighted by molar-refractivity contribution is 1.00. The van der Waals surface area contributed by atoms with Gasteiger partial charge in [-0.2, -0.15) is 0 Å². The minimum Gasteiger partial charge on any atom is -0.289 e. The van der Waals surface area contributed by atoms with E-state index in [1.54, 1.807) is 19.2 Å². The summed E-state index contributed by atoms with van der Waals surface area (Å²) in [6.07, 6.45) is 3.45. The van der Waals surface area contributed by atoms with Gasteiger partial charge in [0.2, 0.25) is 5.13 Å². The van der Waals surface area contributed by atoms with E-state index in [4.69, 9.17) is 5.84 Å². The van der Waals surface area contributed by atoms with Gasteiger partial charge in [0.05, 0.1) is 10.6 Å². The summed E-state index contributed by atoms with van der Waals surface area (Å²) < 4.78 is 0. The highest BCUT2D eigenvalue weighted by Gasteiger charge is 2.06. The van der Waals surface area contributed by atoms with Gasteiger partial charge in [-0.1, -0.05) is 52.2 Å². The van der Waals surface area contributed by atoms with Crippen LogP contribution >= 0.6 is 11.3 Å². The van der Waals surface area contributed by atoms with Gasteiger partial charge in [-0.25, -0.2) is 10.8 Å². The van der Waals surface area contributed by atoms with Crippen LogP contribution in [0.25, 0.3) is 12.2 Å². The number of hydrazine groups is 1. The van der Waals surface area contributed by atoms with Gasteiger partial charge in [0.1, 0.15) is 0 Å². The lowest BCUT2D eigenvalue weighted by Gasteiger charge is -2.04. The molecule has 3 nitrogen and oxygen atoms in total. The van der Waals surface area contributed by atoms with Crippen LogP contribution in [0.5, 0.6) is 0 Å². The van der Waals surface area contributed by atoms with Crippen molar-refractivity contribution in [2.24, 2.45) is 5.84 Å². The van der Waals surface area contributed by atoms with Gasteiger partial charge in [-0.15, -0.1) is 0 Å². The van der Waals surface area contributed by atoms with E-state index in [-0.39, 0.29) is 0 Å². The third-order valence-electron chi connectivity index (χ3n) is 1.35. The second-order valence-electron chi connectivity index (χ2n) is 2.27. The molecule has 0 aromatic carbocycles. The Balaban J connectivity index is 0. The molecule has 0 radical (unpaired) electrons. The van der Waals surface area contributed by atoms with E-state index in [0.717, 1.165) is 15.7 Å². The van der Waals surface area contributed by atoms with Crippen molar-refractivity contribution in [2.75, 3.05) is 12.1 Å². The van der Waals surface area contributed by atoms with Gasteiger partial charge in [0.25, 0.3) is 0 Å². The Labute approximate surface area is 103 Å². The summed E-state index contributed by atoms with van der Waals surface area (Å²) in [5.41, 5.74) is 0.835. The van der Waals surface area contributed by atoms with Crippen LogP contribution in [-0.2, 0) is 0 Å². The molecule has 0 spiro atoms. The van der Waals surface area contributed by atoms with Crippen molar-refractivity contribution < 1.29 is 0 Å². The van der Waals surface area contributed by atoms with Crippen LogP contribution in [0.1, 0.15) is 38.3 Å². The number of hydrogen-bond donors (Lipinski definition) is 1. The minimum absolute atomic E-state index is 0.764. The van der Waals surface area contributed by atoms with Crippen molar-refractivity contribution in [3.05, 3.63) is 23.7 Å². The second-order valence-corrected chi connectivity index (χ2v) is 3.27. The fourth-order valence-corrected chi connectivity index (χ4v) is 1.58. The van der Waals surface area contributed by atoms with Crippen LogP contribution < -0.4 is 10.9 Å². The Hall–Kier alpha value is -1.13. The van der Waals surface area contributed by atoms with Crippen LogP contribution in [0.15, 0.2) is 13.2 Å². The quantitative estimate of drug-likeness (QED) is 0.646. The van der Waals surface area contributed by atoms with Crippen molar-refractivity contribution in [1.82, 2.24) is 4.98 Å². The van der Waals surface area contributed by atoms with E-state index in [1.165, 1.54) is 16.3 Å². The molecule has 1 heterocycles. The van der Waals surface area contributed by atoms with Crippen molar-refractivity contribution in [2.45, 2.75) is 27.7 Å². The van der Waals surface area contributed by atoms with E-state index in [2.05, 4.69) is 18.1 Å². The first-order valence-electron chi connectivity index (χ1n) is 5.43. The topological polar surface area (TPSA) is 42.2 Å². The lowest BCUT2D eigenvalue weighted by Crippen LogP contribution is -2.24. The molecule has 2 N–H and O–H groups in total. The lowest BCUT2D eigenvalue weighted by atomic mass is 10.3. The minimum atomic E-state index is 0.764. The van der Waals surface area contributed by atoms with E-state index < -0.39 is 0 Å². The predicted octanol–water partition coefficient (Wildman–Crippen LogP) is 3.79. The largest absolute Gasteiger partial charge is 0.289 e. The molecule has 0 saturated heterocycles. The molecular formula is C12H23N3S. The van der Waals surface area contributed by atoms with Gasteiger partial charge in [-0.3, -0.25) is 5.01 Å². The van der Waals surface area contributed by atoms with Gasteiger partial charge >= 0.3 is 0 Å². The molecule has 92 valence electrons. The first-order valence-corrected chi connectivity index (χ1v) is 6.24. The van der Waals surface area contributed by atoms with E-state index >= 15 is 0 Å². The van der Waals surface area contributed by atoms with Gasteiger partial charge in [0.15, 0.2) is 0 Å². The normalized spacial score (nSPS) is 7.88. The van der Waals surface area contributed by atoms with E-state index in [1.807, 2.05) is 27.7 Å². The highest BCUT2D eigenvalue weighted by atomic mass is 32.1. The molecule has 0 unspecified atom stereocenters. The van der Waals surface area contributed by atoms with Gasteiger partial charge in [0, 0.05) is 7.05 Å². The molecule has 0 fully saturated rings. The average molecular weight is 241 g/mol. The Morgan fingerprint density at radius 2 is 1.69 bits per heavy atom. The zero-order valence-electron chi connectivity index (χ0n) is 10.9. The SMILES string of the molecule is C=Cc1nc(N(C)N)sc1C=C.CC.CC. The van der Waals surface area contributed by atoms with E-state index in [0.29, 0.717) is 0 Å². The number of anilines is 1. The molecule has 0 amide bonds. The van der Waals surface area contributed by atoms with Crippen molar-refractivity contribution in [1.29, 1.82) is 0 Å². The van der Waals surface area contributed by atoms with Crippen molar-refractivity contribution in [3.8, 4) is 0 Å². The molecule has 1 aromatic heterocycles. The summed E-state index contributed by atoms with van der Waals surface area (Å²) in [6, 6.07) is 0. The van der Waals surface area contributed by atoms with Crippen molar-refractivity contribution in [3.63, 3.8) is 0 Å². The maximum atomic E-state index is 5.52. The smallest absolute Gasteiger partial charge is 0.200 e. The van der Waals surface area contributed by atoms with Crippen LogP contribution in [-0.4, -0.2) is 12.0 Å². The number of nitrogens with two attached hydrogens (primary N) is 1. The third kappa shape index (κ3) is 5.09. The number of nitrogens with zero attached hydrogens (tertiary/aromatic N) is 2. The summed E-state index contributed by atoms with van der Waals surface area (Å²) >= 11 is 1.49. The molecule has 16 heavy (non-hydrogen) atoms. The maximum absolute atomic E-state index is 5.52. The fourth-order valence-electron chi connectivity index (χ4n) is 0.775. The summed E-state index contributed by atoms with van der Waals surface area (Å²) in [7, 11) is 1.75. The molecular weight excluding hydrogens is 218 g/mol. The maximum Gasteiger partial charge on any atom is 0.200 e. The molecule has 4 heteroatoms. The Morgan fingerprint density at radius 3 is 1.94 bits per heavy atom. The first kappa shape index (κ1) is 17.3. The highest BCUT2D eigenvalue weighted by molar-refractivity contribution is 7.16. The van der Waals surface area contributed by atoms with Crippen LogP contribution in [0, 0.1) is 0 Å². The Bertz CT molecular complexity index is 278. The second kappa shape index (κ2) is 10.4. The third-order valence-corrected chi connectivity index (χ3v) is 2.51. The molecule has 0 aliphatic heterocycles. The average Bonchev–Trinajstić information content (AvgIpc) is 2.77. The predicted molar refractivity (Wildman–Crippen MR) is 77.6 cm³/mol. The Kier molecular flexibility index (Phi) is 11.2. The molecule has 0 atom stereocenters. The molecule has 0 aliphatic rings. The zero-order valence-corrected chi connectivity index (χ0v) is 11.8. The fraction of sp³-hybridized carbons (Fsp3) is 0.417. The monoisotopic (exact) mass is 241 g/mol. The number of hydrogen-bond acceptors (Lipinski definition) is 4. The highest BCUT2D eigenvalue weighted by Crippen LogP contribution is 2.25. The Morgan fingerprint density at radius 1 is 1.19 bits per heavy atom. The summed E-state index contributed by atoms with van der Waals surface area (Å²) in [4.78, 5) is 5.23. The van der Waals surface area contributed by atoms with Crippen LogP contribution in [0.4, 0.5) is 5.13 Å². The van der Waals surface area contributed by atoms with Crippen LogP contribution in [0.3, 0.4) is 0 Å². The molecule has 1 aromatic rings. The molecule has 0 bridgehead atoms. The van der Waals surface area contributed by atoms with E-state index in [9.17, 15) is 0 Å². The molecule has 0 aliphatic carbocycles. The molecule has 0 saturated carbocycles. The summed E-state index contributed by atoms with van der Waals surface area (Å²) in [5.74, 6) is 5.52. The van der Waals surface area contributed by atoms with Crippen LogP contribution in [0.2, 0.25) is 0 Å². The van der Waals surface area contributed by atoms with Gasteiger partial charge < -0.3 is 0 Å². The standard InChI is InChI=1S/C8H11N3S.2C2H6/c1-4-6-7(5-2)12-8(10-6)11(3)9;2*1-2/h4-5H,1-2,9H2,3H3;2*1-2H3. The van der Waals surface area contributed by atoms with Gasteiger partial charge in [-0.05, 0) is 12.2 Å². The number of aromatic nitrogens is 1. The zero-order chi connectivity index (χ0) is 13.1. The number of thiazole rings is 1. The molecule has 1 rings (SSSR count). The summed E-state index contributed by atoms with van der Waals surface area (Å²) in [5, 5.41) is 2.24.